The van der Waals surface area contributed by atoms with Gasteiger partial charge in [-0.2, -0.15) is 5.10 Å². The van der Waals surface area contributed by atoms with E-state index in [0.29, 0.717) is 31.1 Å². The SMILES string of the molecule is C[C@@]1(O)CC[C@@]2(F)[C@@H](CC[C@H]3[C@@H]4CC[C@H](C(=O)Cn5cc(S(C)(=O)=O)cn5)[C@@]4(C)CC[C@@H]32)C1. The highest BCUT2D eigenvalue weighted by atomic mass is 32.2. The van der Waals surface area contributed by atoms with Gasteiger partial charge in [-0.1, -0.05) is 6.92 Å². The average molecular weight is 481 g/mol. The molecule has 0 aliphatic heterocycles. The number of rotatable bonds is 4. The number of halogens is 1. The van der Waals surface area contributed by atoms with Gasteiger partial charge in [0.15, 0.2) is 15.6 Å². The monoisotopic (exact) mass is 480 g/mol. The highest BCUT2D eigenvalue weighted by Gasteiger charge is 2.63. The van der Waals surface area contributed by atoms with Gasteiger partial charge in [0.1, 0.15) is 10.6 Å². The lowest BCUT2D eigenvalue weighted by atomic mass is 9.48. The zero-order valence-electron chi connectivity index (χ0n) is 20.0. The summed E-state index contributed by atoms with van der Waals surface area (Å²) in [4.78, 5) is 13.5. The van der Waals surface area contributed by atoms with Crippen molar-refractivity contribution in [1.29, 1.82) is 0 Å². The highest BCUT2D eigenvalue weighted by Crippen LogP contribution is 2.66. The van der Waals surface area contributed by atoms with Crippen LogP contribution in [0.3, 0.4) is 0 Å². The molecule has 4 saturated carbocycles. The molecule has 4 aliphatic carbocycles. The molecule has 1 aromatic rings. The van der Waals surface area contributed by atoms with Gasteiger partial charge in [-0.3, -0.25) is 9.48 Å². The fourth-order valence-electron chi connectivity index (χ4n) is 8.40. The zero-order chi connectivity index (χ0) is 23.8. The third-order valence-electron chi connectivity index (χ3n) is 10.1. The Labute approximate surface area is 196 Å². The van der Waals surface area contributed by atoms with Gasteiger partial charge in [-0.25, -0.2) is 12.8 Å². The van der Waals surface area contributed by atoms with Crippen LogP contribution in [0.1, 0.15) is 71.6 Å². The smallest absolute Gasteiger partial charge is 0.178 e. The van der Waals surface area contributed by atoms with Crippen molar-refractivity contribution in [3.8, 4) is 0 Å². The summed E-state index contributed by atoms with van der Waals surface area (Å²) < 4.78 is 41.4. The lowest BCUT2D eigenvalue weighted by Crippen LogP contribution is -2.58. The Hall–Kier alpha value is -1.28. The number of hydrogen-bond acceptors (Lipinski definition) is 5. The maximum absolute atomic E-state index is 16.5. The van der Waals surface area contributed by atoms with Gasteiger partial charge in [-0.05, 0) is 93.8 Å². The molecule has 33 heavy (non-hydrogen) atoms. The second-order valence-electron chi connectivity index (χ2n) is 12.1. The molecule has 0 spiro atoms. The molecule has 0 radical (unpaired) electrons. The van der Waals surface area contributed by atoms with Gasteiger partial charge in [0.2, 0.25) is 0 Å². The van der Waals surface area contributed by atoms with Gasteiger partial charge in [0.25, 0.3) is 0 Å². The van der Waals surface area contributed by atoms with Crippen LogP contribution in [0.5, 0.6) is 0 Å². The van der Waals surface area contributed by atoms with Gasteiger partial charge in [0, 0.05) is 18.4 Å². The fourth-order valence-corrected chi connectivity index (χ4v) is 8.95. The minimum absolute atomic E-state index is 0.0442. The Morgan fingerprint density at radius 1 is 1.15 bits per heavy atom. The molecule has 0 amide bonds. The number of hydrogen-bond donors (Lipinski definition) is 1. The molecule has 0 aromatic carbocycles. The van der Waals surface area contributed by atoms with Crippen LogP contribution in [0.25, 0.3) is 0 Å². The number of carbonyl (C=O) groups is 1. The summed E-state index contributed by atoms with van der Waals surface area (Å²) in [5.41, 5.74) is -2.05. The van der Waals surface area contributed by atoms with E-state index >= 15 is 4.39 Å². The molecule has 1 heterocycles. The van der Waals surface area contributed by atoms with Crippen molar-refractivity contribution in [1.82, 2.24) is 9.78 Å². The summed E-state index contributed by atoms with van der Waals surface area (Å²) in [6.45, 7) is 4.17. The topological polar surface area (TPSA) is 89.3 Å². The van der Waals surface area contributed by atoms with Crippen molar-refractivity contribution in [2.24, 2.45) is 35.0 Å². The molecule has 8 heteroatoms. The predicted molar refractivity (Wildman–Crippen MR) is 122 cm³/mol. The molecule has 1 N–H and O–H groups in total. The summed E-state index contributed by atoms with van der Waals surface area (Å²) in [5.74, 6) is 0.684. The Morgan fingerprint density at radius 3 is 2.61 bits per heavy atom. The average Bonchev–Trinajstić information content (AvgIpc) is 3.32. The first kappa shape index (κ1) is 23.5. The molecule has 4 aliphatic rings. The largest absolute Gasteiger partial charge is 0.390 e. The van der Waals surface area contributed by atoms with Crippen molar-refractivity contribution >= 4 is 15.6 Å². The van der Waals surface area contributed by atoms with Crippen LogP contribution in [0.15, 0.2) is 17.3 Å². The quantitative estimate of drug-likeness (QED) is 0.704. The van der Waals surface area contributed by atoms with Crippen LogP contribution >= 0.6 is 0 Å². The van der Waals surface area contributed by atoms with Gasteiger partial charge < -0.3 is 5.11 Å². The number of carbonyl (C=O) groups excluding carboxylic acids is 1. The third-order valence-corrected chi connectivity index (χ3v) is 11.1. The van der Waals surface area contributed by atoms with Crippen LogP contribution in [-0.2, 0) is 21.2 Å². The second-order valence-corrected chi connectivity index (χ2v) is 14.1. The molecule has 1 aromatic heterocycles. The molecule has 5 rings (SSSR count). The molecule has 8 atom stereocenters. The van der Waals surface area contributed by atoms with Crippen LogP contribution < -0.4 is 0 Å². The second kappa shape index (κ2) is 7.61. The normalized spacial score (nSPS) is 45.2. The van der Waals surface area contributed by atoms with Crippen LogP contribution in [0.4, 0.5) is 4.39 Å². The van der Waals surface area contributed by atoms with Crippen molar-refractivity contribution in [3.05, 3.63) is 12.4 Å². The first-order valence-electron chi connectivity index (χ1n) is 12.5. The standard InChI is InChI=1S/C25H37FN2O4S/c1-23(30)10-11-25(26)16(12-23)4-5-18-19-6-7-21(24(19,2)9-8-20(18)25)22(29)15-28-14-17(13-27-28)33(3,31)32/h13-14,16,18-21,30H,4-12,15H2,1-3H3/t16-,18-,19-,20-,21+,23+,24-,25+/m0/s1. The summed E-state index contributed by atoms with van der Waals surface area (Å²) in [5, 5.41) is 14.6. The van der Waals surface area contributed by atoms with E-state index in [1.165, 1.54) is 17.1 Å². The number of ketones is 1. The summed E-state index contributed by atoms with van der Waals surface area (Å²) in [6.07, 6.45) is 10.7. The van der Waals surface area contributed by atoms with E-state index in [1.54, 1.807) is 0 Å². The Balaban J connectivity index is 1.32. The number of fused-ring (bicyclic) bond motifs is 5. The highest BCUT2D eigenvalue weighted by molar-refractivity contribution is 7.90. The molecular weight excluding hydrogens is 443 g/mol. The van der Waals surface area contributed by atoms with Crippen molar-refractivity contribution in [2.75, 3.05) is 6.26 Å². The van der Waals surface area contributed by atoms with Gasteiger partial charge in [0.05, 0.1) is 18.3 Å². The molecule has 0 unspecified atom stereocenters. The van der Waals surface area contributed by atoms with Gasteiger partial charge in [-0.15, -0.1) is 0 Å². The number of aliphatic hydroxyl groups is 1. The van der Waals surface area contributed by atoms with Crippen molar-refractivity contribution in [2.45, 2.75) is 94.3 Å². The molecule has 184 valence electrons. The third kappa shape index (κ3) is 3.79. The van der Waals surface area contributed by atoms with Crippen LogP contribution in [-0.4, -0.2) is 46.6 Å². The lowest BCUT2D eigenvalue weighted by molar-refractivity contribution is -0.166. The number of alkyl halides is 1. The number of Topliss-reactive ketones (excluding diaryl/α,β-unsaturated/α-hetero) is 1. The molecule has 0 saturated heterocycles. The summed E-state index contributed by atoms with van der Waals surface area (Å²) in [6, 6.07) is 0. The maximum Gasteiger partial charge on any atom is 0.178 e. The summed E-state index contributed by atoms with van der Waals surface area (Å²) >= 11 is 0. The zero-order valence-corrected chi connectivity index (χ0v) is 20.8. The van der Waals surface area contributed by atoms with E-state index in [4.69, 9.17) is 0 Å². The number of sulfone groups is 1. The van der Waals surface area contributed by atoms with Crippen molar-refractivity contribution in [3.63, 3.8) is 0 Å². The van der Waals surface area contributed by atoms with E-state index in [2.05, 4.69) is 12.0 Å². The minimum atomic E-state index is -3.35. The van der Waals surface area contributed by atoms with Gasteiger partial charge >= 0.3 is 0 Å². The first-order chi connectivity index (χ1) is 15.3. The van der Waals surface area contributed by atoms with E-state index < -0.39 is 21.1 Å². The van der Waals surface area contributed by atoms with Crippen LogP contribution in [0, 0.1) is 35.0 Å². The maximum atomic E-state index is 16.5. The summed E-state index contributed by atoms with van der Waals surface area (Å²) in [7, 11) is -3.35. The minimum Gasteiger partial charge on any atom is -0.390 e. The number of nitrogens with zero attached hydrogens (tertiary/aromatic N) is 2. The van der Waals surface area contributed by atoms with E-state index in [0.717, 1.165) is 44.8 Å². The Bertz CT molecular complexity index is 1050. The Kier molecular flexibility index (Phi) is 5.41. The lowest BCUT2D eigenvalue weighted by Gasteiger charge is -2.59. The first-order valence-corrected chi connectivity index (χ1v) is 14.4. The Morgan fingerprint density at radius 2 is 1.91 bits per heavy atom. The van der Waals surface area contributed by atoms with E-state index in [1.807, 2.05) is 6.92 Å². The molecule has 4 fully saturated rings. The van der Waals surface area contributed by atoms with E-state index in [9.17, 15) is 18.3 Å². The van der Waals surface area contributed by atoms with Crippen molar-refractivity contribution < 1.29 is 22.7 Å². The molecular formula is C25H37FN2O4S. The number of aromatic nitrogens is 2. The van der Waals surface area contributed by atoms with E-state index in [-0.39, 0.29) is 40.4 Å². The van der Waals surface area contributed by atoms with Crippen LogP contribution in [0.2, 0.25) is 0 Å². The molecule has 6 nitrogen and oxygen atoms in total. The molecule has 0 bridgehead atoms. The predicted octanol–water partition coefficient (Wildman–Crippen LogP) is 3.97. The fraction of sp³-hybridized carbons (Fsp3) is 0.840.